The molecule has 0 saturated carbocycles. The van der Waals surface area contributed by atoms with Gasteiger partial charge in [-0.1, -0.05) is 13.3 Å². The molecule has 1 heterocycles. The Morgan fingerprint density at radius 2 is 2.17 bits per heavy atom. The normalized spacial score (nSPS) is 21.4. The van der Waals surface area contributed by atoms with Gasteiger partial charge >= 0.3 is 0 Å². The van der Waals surface area contributed by atoms with Gasteiger partial charge in [0, 0.05) is 12.0 Å². The van der Waals surface area contributed by atoms with Gasteiger partial charge in [-0.2, -0.15) is 0 Å². The molecule has 0 aromatic heterocycles. The molecule has 0 aromatic carbocycles. The Kier molecular flexibility index (Phi) is 5.40. The van der Waals surface area contributed by atoms with Gasteiger partial charge in [0.1, 0.15) is 11.1 Å². The van der Waals surface area contributed by atoms with Crippen molar-refractivity contribution in [1.82, 2.24) is 0 Å². The van der Waals surface area contributed by atoms with E-state index in [1.807, 2.05) is 6.92 Å². The molecule has 0 spiro atoms. The number of hydrogen-bond donors (Lipinski definition) is 3. The third kappa shape index (κ3) is 3.35. The molecule has 1 rings (SSSR count). The zero-order valence-corrected chi connectivity index (χ0v) is 11.3. The number of nitrogens with one attached hydrogen (secondary N) is 1. The molecule has 1 saturated heterocycles. The van der Waals surface area contributed by atoms with Crippen LogP contribution in [0.5, 0.6) is 0 Å². The summed E-state index contributed by atoms with van der Waals surface area (Å²) in [6.45, 7) is 1.91. The number of allylic oxidation sites excluding steroid dienone is 1. The van der Waals surface area contributed by atoms with Crippen molar-refractivity contribution in [2.75, 3.05) is 5.75 Å². The molecule has 6 heteroatoms. The van der Waals surface area contributed by atoms with E-state index in [1.165, 1.54) is 11.8 Å². The molecule has 1 fully saturated rings. The molecule has 0 unspecified atom stereocenters. The molecule has 1 aliphatic rings. The second kappa shape index (κ2) is 6.58. The Morgan fingerprint density at radius 1 is 1.50 bits per heavy atom. The molecule has 0 aliphatic carbocycles. The number of amidine groups is 1. The van der Waals surface area contributed by atoms with Crippen LogP contribution in [0.1, 0.15) is 32.6 Å². The van der Waals surface area contributed by atoms with Crippen LogP contribution >= 0.6 is 11.8 Å². The zero-order valence-electron chi connectivity index (χ0n) is 10.5. The first-order valence-corrected chi connectivity index (χ1v) is 7.05. The monoisotopic (exact) mass is 269 g/mol. The maximum atomic E-state index is 12.3. The first-order valence-electron chi connectivity index (χ1n) is 6.00. The fourth-order valence-corrected chi connectivity index (χ4v) is 3.00. The van der Waals surface area contributed by atoms with E-state index < -0.39 is 5.25 Å². The quantitative estimate of drug-likeness (QED) is 0.298. The summed E-state index contributed by atoms with van der Waals surface area (Å²) in [5.74, 6) is 0.196. The highest BCUT2D eigenvalue weighted by Crippen LogP contribution is 2.27. The second-order valence-electron chi connectivity index (χ2n) is 4.24. The number of ketones is 2. The van der Waals surface area contributed by atoms with Gasteiger partial charge in [0.25, 0.3) is 0 Å². The van der Waals surface area contributed by atoms with Crippen molar-refractivity contribution in [1.29, 1.82) is 5.41 Å². The Bertz CT molecular complexity index is 404. The molecule has 0 aromatic rings. The summed E-state index contributed by atoms with van der Waals surface area (Å²) in [7, 11) is 0. The molecule has 0 radical (unpaired) electrons. The number of carbonyl (C=O) groups excluding carboxylic acids is 2. The Morgan fingerprint density at radius 3 is 2.67 bits per heavy atom. The van der Waals surface area contributed by atoms with E-state index in [9.17, 15) is 9.59 Å². The topological polar surface area (TPSA) is 110 Å². The molecule has 18 heavy (non-hydrogen) atoms. The largest absolute Gasteiger partial charge is 0.395 e. The van der Waals surface area contributed by atoms with Gasteiger partial charge < -0.3 is 11.5 Å². The molecule has 100 valence electrons. The maximum absolute atomic E-state index is 12.3. The highest BCUT2D eigenvalue weighted by Gasteiger charge is 2.32. The molecule has 5 N–H and O–H groups in total. The van der Waals surface area contributed by atoms with Crippen LogP contribution in [-0.2, 0) is 9.59 Å². The van der Waals surface area contributed by atoms with Gasteiger partial charge in [-0.3, -0.25) is 15.0 Å². The van der Waals surface area contributed by atoms with Crippen LogP contribution in [0.4, 0.5) is 0 Å². The second-order valence-corrected chi connectivity index (χ2v) is 5.45. The average Bonchev–Trinajstić information content (AvgIpc) is 2.35. The Hall–Kier alpha value is -1.30. The van der Waals surface area contributed by atoms with Crippen molar-refractivity contribution < 1.29 is 9.59 Å². The van der Waals surface area contributed by atoms with Crippen molar-refractivity contribution >= 4 is 29.2 Å². The predicted octanol–water partition coefficient (Wildman–Crippen LogP) is 0.969. The molecular weight excluding hydrogens is 250 g/mol. The molecule has 0 bridgehead atoms. The summed E-state index contributed by atoms with van der Waals surface area (Å²) >= 11 is 1.36. The van der Waals surface area contributed by atoms with E-state index in [1.54, 1.807) is 0 Å². The van der Waals surface area contributed by atoms with Crippen molar-refractivity contribution in [3.8, 4) is 0 Å². The van der Waals surface area contributed by atoms with E-state index in [2.05, 4.69) is 0 Å². The number of rotatable bonds is 5. The van der Waals surface area contributed by atoms with Crippen molar-refractivity contribution in [2.24, 2.45) is 11.5 Å². The Balaban J connectivity index is 2.99. The van der Waals surface area contributed by atoms with E-state index >= 15 is 0 Å². The smallest absolute Gasteiger partial charge is 0.181 e. The highest BCUT2D eigenvalue weighted by atomic mass is 32.2. The number of thioether (sulfide) groups is 1. The molecule has 5 nitrogen and oxygen atoms in total. The zero-order chi connectivity index (χ0) is 13.7. The summed E-state index contributed by atoms with van der Waals surface area (Å²) < 4.78 is 0. The Labute approximate surface area is 111 Å². The average molecular weight is 269 g/mol. The predicted molar refractivity (Wildman–Crippen MR) is 73.5 cm³/mol. The van der Waals surface area contributed by atoms with Gasteiger partial charge in [-0.05, 0) is 18.6 Å². The lowest BCUT2D eigenvalue weighted by molar-refractivity contribution is -0.124. The number of hydrogen-bond acceptors (Lipinski definition) is 5. The lowest BCUT2D eigenvalue weighted by Gasteiger charge is -2.21. The van der Waals surface area contributed by atoms with Crippen LogP contribution < -0.4 is 11.5 Å². The standard InChI is InChI=1S/C12H19N3O2S/c1-2-4-7(9(13)12(14)15)10(17)11-8(16)5-3-6-18-11/h11H,2-6,13H2,1H3,(H3,14,15)/b9-7-/t11-/m0/s1. The summed E-state index contributed by atoms with van der Waals surface area (Å²) in [6, 6.07) is 0. The van der Waals surface area contributed by atoms with Crippen LogP contribution in [0, 0.1) is 5.41 Å². The molecule has 0 amide bonds. The van der Waals surface area contributed by atoms with Gasteiger partial charge in [-0.15, -0.1) is 11.8 Å². The summed E-state index contributed by atoms with van der Waals surface area (Å²) in [4.78, 5) is 24.1. The summed E-state index contributed by atoms with van der Waals surface area (Å²) in [5, 5.41) is 6.66. The van der Waals surface area contributed by atoms with Crippen LogP contribution in [0.3, 0.4) is 0 Å². The van der Waals surface area contributed by atoms with Crippen molar-refractivity contribution in [2.45, 2.75) is 37.9 Å². The fourth-order valence-electron chi connectivity index (χ4n) is 1.85. The minimum atomic E-state index is -0.654. The van der Waals surface area contributed by atoms with Crippen LogP contribution in [0.15, 0.2) is 11.3 Å². The van der Waals surface area contributed by atoms with Crippen molar-refractivity contribution in [3.63, 3.8) is 0 Å². The lowest BCUT2D eigenvalue weighted by Crippen LogP contribution is -2.34. The van der Waals surface area contributed by atoms with Crippen LogP contribution in [0.25, 0.3) is 0 Å². The van der Waals surface area contributed by atoms with E-state index in [4.69, 9.17) is 16.9 Å². The van der Waals surface area contributed by atoms with Crippen LogP contribution in [-0.4, -0.2) is 28.4 Å². The number of nitrogens with two attached hydrogens (primary N) is 2. The third-order valence-corrected chi connectivity index (χ3v) is 4.13. The van der Waals surface area contributed by atoms with Crippen molar-refractivity contribution in [3.05, 3.63) is 11.3 Å². The van der Waals surface area contributed by atoms with Gasteiger partial charge in [0.15, 0.2) is 11.6 Å². The van der Waals surface area contributed by atoms with Crippen LogP contribution in [0.2, 0.25) is 0 Å². The number of Topliss-reactive ketones (excluding diaryl/α,β-unsaturated/α-hetero) is 2. The van der Waals surface area contributed by atoms with Gasteiger partial charge in [0.2, 0.25) is 0 Å². The van der Waals surface area contributed by atoms with E-state index in [0.717, 1.165) is 18.6 Å². The van der Waals surface area contributed by atoms with Gasteiger partial charge in [-0.25, -0.2) is 0 Å². The van der Waals surface area contributed by atoms with E-state index in [0.29, 0.717) is 18.4 Å². The first kappa shape index (κ1) is 14.8. The molecule has 1 aliphatic heterocycles. The first-order chi connectivity index (χ1) is 8.49. The molecular formula is C12H19N3O2S. The fraction of sp³-hybridized carbons (Fsp3) is 0.583. The minimum absolute atomic E-state index is 0.0147. The maximum Gasteiger partial charge on any atom is 0.181 e. The third-order valence-electron chi connectivity index (χ3n) is 2.80. The summed E-state index contributed by atoms with van der Waals surface area (Å²) in [5.41, 5.74) is 11.4. The highest BCUT2D eigenvalue weighted by molar-refractivity contribution is 8.01. The lowest BCUT2D eigenvalue weighted by atomic mass is 9.97. The number of carbonyl (C=O) groups is 2. The van der Waals surface area contributed by atoms with Gasteiger partial charge in [0.05, 0.1) is 5.70 Å². The SMILES string of the molecule is CCC/C(C(=O)[C@H]1SCCCC1=O)=C(/N)C(=N)N. The summed E-state index contributed by atoms with van der Waals surface area (Å²) in [6.07, 6.45) is 2.44. The minimum Gasteiger partial charge on any atom is -0.395 e. The van der Waals surface area contributed by atoms with E-state index in [-0.39, 0.29) is 23.1 Å². The molecule has 1 atom stereocenters.